The molecular weight excluding hydrogens is 310 g/mol. The lowest BCUT2D eigenvalue weighted by molar-refractivity contribution is 0.116. The van der Waals surface area contributed by atoms with Crippen molar-refractivity contribution in [2.75, 3.05) is 60.4 Å². The predicted molar refractivity (Wildman–Crippen MR) is 106 cm³/mol. The van der Waals surface area contributed by atoms with Crippen LogP contribution in [0.1, 0.15) is 12.0 Å². The first-order valence-electron chi connectivity index (χ1n) is 9.26. The summed E-state index contributed by atoms with van der Waals surface area (Å²) in [4.78, 5) is 11.7. The Hall–Kier alpha value is -1.85. The standard InChI is InChI=1S/C20H31N5/c1-21-20(22-15-19-16-23(2)13-14-24(19)3)25-11-9-18(10-12-25)17-7-5-4-6-8-17/h4-9,19H,10-16H2,1-3H3,(H,21,22). The predicted octanol–water partition coefficient (Wildman–Crippen LogP) is 1.60. The maximum Gasteiger partial charge on any atom is 0.193 e. The number of aliphatic imine (C=N–C) groups is 1. The van der Waals surface area contributed by atoms with Crippen molar-refractivity contribution < 1.29 is 0 Å². The van der Waals surface area contributed by atoms with Gasteiger partial charge in [-0.2, -0.15) is 0 Å². The number of rotatable bonds is 3. The molecule has 1 saturated heterocycles. The molecule has 1 N–H and O–H groups in total. The van der Waals surface area contributed by atoms with Gasteiger partial charge in [0.1, 0.15) is 0 Å². The summed E-state index contributed by atoms with van der Waals surface area (Å²) >= 11 is 0. The molecular formula is C20H31N5. The van der Waals surface area contributed by atoms with Crippen LogP contribution >= 0.6 is 0 Å². The van der Waals surface area contributed by atoms with Gasteiger partial charge in [0, 0.05) is 52.4 Å². The smallest absolute Gasteiger partial charge is 0.193 e. The largest absolute Gasteiger partial charge is 0.355 e. The molecule has 1 fully saturated rings. The van der Waals surface area contributed by atoms with Gasteiger partial charge in [0.2, 0.25) is 0 Å². The van der Waals surface area contributed by atoms with E-state index >= 15 is 0 Å². The Morgan fingerprint density at radius 1 is 1.16 bits per heavy atom. The van der Waals surface area contributed by atoms with Gasteiger partial charge in [-0.15, -0.1) is 0 Å². The number of guanidine groups is 1. The van der Waals surface area contributed by atoms with E-state index in [1.165, 1.54) is 11.1 Å². The minimum Gasteiger partial charge on any atom is -0.355 e. The van der Waals surface area contributed by atoms with Crippen LogP contribution in [-0.2, 0) is 0 Å². The molecule has 5 nitrogen and oxygen atoms in total. The van der Waals surface area contributed by atoms with Gasteiger partial charge in [-0.3, -0.25) is 9.89 Å². The van der Waals surface area contributed by atoms with Crippen LogP contribution in [0.4, 0.5) is 0 Å². The van der Waals surface area contributed by atoms with Crippen LogP contribution in [0.3, 0.4) is 0 Å². The quantitative estimate of drug-likeness (QED) is 0.669. The molecule has 25 heavy (non-hydrogen) atoms. The molecule has 2 aliphatic rings. The van der Waals surface area contributed by atoms with Gasteiger partial charge in [0.25, 0.3) is 0 Å². The Kier molecular flexibility index (Phi) is 6.10. The molecule has 1 aromatic rings. The third kappa shape index (κ3) is 4.61. The summed E-state index contributed by atoms with van der Waals surface area (Å²) in [5.74, 6) is 1.02. The third-order valence-corrected chi connectivity index (χ3v) is 5.34. The zero-order chi connectivity index (χ0) is 17.6. The topological polar surface area (TPSA) is 34.1 Å². The molecule has 136 valence electrons. The normalized spacial score (nSPS) is 23.5. The lowest BCUT2D eigenvalue weighted by Gasteiger charge is -2.38. The number of nitrogens with one attached hydrogen (secondary N) is 1. The Labute approximate surface area is 152 Å². The maximum atomic E-state index is 4.51. The molecule has 5 heteroatoms. The zero-order valence-corrected chi connectivity index (χ0v) is 15.8. The second-order valence-corrected chi connectivity index (χ2v) is 7.12. The van der Waals surface area contributed by atoms with Gasteiger partial charge in [0.15, 0.2) is 5.96 Å². The maximum absolute atomic E-state index is 4.51. The molecule has 0 aromatic heterocycles. The van der Waals surface area contributed by atoms with Crippen LogP contribution < -0.4 is 5.32 Å². The molecule has 1 unspecified atom stereocenters. The monoisotopic (exact) mass is 341 g/mol. The fraction of sp³-hybridized carbons (Fsp3) is 0.550. The zero-order valence-electron chi connectivity index (χ0n) is 15.8. The number of hydrogen-bond acceptors (Lipinski definition) is 3. The van der Waals surface area contributed by atoms with Crippen molar-refractivity contribution in [1.82, 2.24) is 20.0 Å². The van der Waals surface area contributed by atoms with Gasteiger partial charge in [-0.25, -0.2) is 0 Å². The van der Waals surface area contributed by atoms with Crippen molar-refractivity contribution in [3.05, 3.63) is 42.0 Å². The van der Waals surface area contributed by atoms with Gasteiger partial charge in [0.05, 0.1) is 0 Å². The van der Waals surface area contributed by atoms with E-state index in [0.29, 0.717) is 6.04 Å². The summed E-state index contributed by atoms with van der Waals surface area (Å²) < 4.78 is 0. The summed E-state index contributed by atoms with van der Waals surface area (Å²) in [6.45, 7) is 6.28. The van der Waals surface area contributed by atoms with Crippen molar-refractivity contribution in [1.29, 1.82) is 0 Å². The highest BCUT2D eigenvalue weighted by Gasteiger charge is 2.23. The summed E-state index contributed by atoms with van der Waals surface area (Å²) in [6.07, 6.45) is 3.41. The van der Waals surface area contributed by atoms with Crippen molar-refractivity contribution in [3.63, 3.8) is 0 Å². The number of nitrogens with zero attached hydrogens (tertiary/aromatic N) is 4. The van der Waals surface area contributed by atoms with Crippen molar-refractivity contribution >= 4 is 11.5 Å². The molecule has 0 radical (unpaired) electrons. The molecule has 2 heterocycles. The first-order valence-corrected chi connectivity index (χ1v) is 9.26. The second-order valence-electron chi connectivity index (χ2n) is 7.12. The first-order chi connectivity index (χ1) is 12.2. The number of likely N-dealkylation sites (N-methyl/N-ethyl adjacent to an activating group) is 2. The lowest BCUT2D eigenvalue weighted by atomic mass is 10.00. The van der Waals surface area contributed by atoms with E-state index < -0.39 is 0 Å². The fourth-order valence-corrected chi connectivity index (χ4v) is 3.64. The Bertz CT molecular complexity index is 610. The highest BCUT2D eigenvalue weighted by atomic mass is 15.3. The summed E-state index contributed by atoms with van der Waals surface area (Å²) in [6, 6.07) is 11.2. The van der Waals surface area contributed by atoms with Gasteiger partial charge >= 0.3 is 0 Å². The Morgan fingerprint density at radius 3 is 2.64 bits per heavy atom. The number of hydrogen-bond donors (Lipinski definition) is 1. The summed E-state index contributed by atoms with van der Waals surface area (Å²) in [7, 11) is 6.31. The van der Waals surface area contributed by atoms with E-state index in [1.54, 1.807) is 0 Å². The minimum absolute atomic E-state index is 0.538. The number of benzene rings is 1. The molecule has 1 aromatic carbocycles. The van der Waals surface area contributed by atoms with Crippen molar-refractivity contribution in [2.24, 2.45) is 4.99 Å². The second kappa shape index (κ2) is 8.50. The molecule has 0 spiro atoms. The van der Waals surface area contributed by atoms with E-state index in [9.17, 15) is 0 Å². The lowest BCUT2D eigenvalue weighted by Crippen LogP contribution is -2.56. The Balaban J connectivity index is 1.55. The molecule has 0 aliphatic carbocycles. The third-order valence-electron chi connectivity index (χ3n) is 5.34. The van der Waals surface area contributed by atoms with Crippen molar-refractivity contribution in [3.8, 4) is 0 Å². The fourth-order valence-electron chi connectivity index (χ4n) is 3.64. The highest BCUT2D eigenvalue weighted by molar-refractivity contribution is 5.81. The Morgan fingerprint density at radius 2 is 1.96 bits per heavy atom. The minimum atomic E-state index is 0.538. The average Bonchev–Trinajstić information content (AvgIpc) is 2.66. The van der Waals surface area contributed by atoms with E-state index in [1.807, 2.05) is 7.05 Å². The van der Waals surface area contributed by atoms with E-state index in [4.69, 9.17) is 0 Å². The molecule has 1 atom stereocenters. The van der Waals surface area contributed by atoms with E-state index in [2.05, 4.69) is 75.5 Å². The van der Waals surface area contributed by atoms with Crippen LogP contribution in [0, 0.1) is 0 Å². The average molecular weight is 342 g/mol. The summed E-state index contributed by atoms with van der Waals surface area (Å²) in [5.41, 5.74) is 2.79. The highest BCUT2D eigenvalue weighted by Crippen LogP contribution is 2.21. The van der Waals surface area contributed by atoms with Crippen LogP contribution in [0.15, 0.2) is 41.4 Å². The van der Waals surface area contributed by atoms with E-state index in [-0.39, 0.29) is 0 Å². The molecule has 0 bridgehead atoms. The van der Waals surface area contributed by atoms with Crippen LogP contribution in [-0.4, -0.2) is 87.1 Å². The molecule has 3 rings (SSSR count). The van der Waals surface area contributed by atoms with Gasteiger partial charge in [-0.05, 0) is 31.7 Å². The van der Waals surface area contributed by atoms with Gasteiger partial charge in [-0.1, -0.05) is 36.4 Å². The summed E-state index contributed by atoms with van der Waals surface area (Å²) in [5, 5.41) is 3.59. The SMILES string of the molecule is CN=C(NCC1CN(C)CCN1C)N1CC=C(c2ccccc2)CC1. The van der Waals surface area contributed by atoms with E-state index in [0.717, 1.165) is 51.6 Å². The van der Waals surface area contributed by atoms with Crippen LogP contribution in [0.25, 0.3) is 5.57 Å². The van der Waals surface area contributed by atoms with Gasteiger partial charge < -0.3 is 15.1 Å². The van der Waals surface area contributed by atoms with Crippen LogP contribution in [0.2, 0.25) is 0 Å². The van der Waals surface area contributed by atoms with Crippen molar-refractivity contribution in [2.45, 2.75) is 12.5 Å². The molecule has 0 amide bonds. The molecule has 0 saturated carbocycles. The molecule has 2 aliphatic heterocycles. The first kappa shape index (κ1) is 18.0. The number of piperazine rings is 1. The van der Waals surface area contributed by atoms with Crippen LogP contribution in [0.5, 0.6) is 0 Å².